The van der Waals surface area contributed by atoms with Gasteiger partial charge >= 0.3 is 6.09 Å². The molecule has 0 N–H and O–H groups in total. The lowest BCUT2D eigenvalue weighted by molar-refractivity contribution is 0.0721. The Morgan fingerprint density at radius 3 is 2.62 bits per heavy atom. The van der Waals surface area contributed by atoms with Gasteiger partial charge in [0, 0.05) is 37.6 Å². The molecule has 1 fully saturated rings. The topological polar surface area (TPSA) is 45.7 Å². The normalized spacial score (nSPS) is 17.8. The predicted octanol–water partition coefficient (Wildman–Crippen LogP) is 2.70. The van der Waals surface area contributed by atoms with Crippen LogP contribution in [-0.4, -0.2) is 53.7 Å². The van der Waals surface area contributed by atoms with Crippen LogP contribution in [0.5, 0.6) is 0 Å². The number of rotatable bonds is 4. The second kappa shape index (κ2) is 7.41. The van der Waals surface area contributed by atoms with E-state index in [0.29, 0.717) is 18.7 Å². The van der Waals surface area contributed by atoms with E-state index < -0.39 is 0 Å². The van der Waals surface area contributed by atoms with Crippen molar-refractivity contribution < 1.29 is 9.53 Å². The molecular weight excluding hydrogens is 266 g/mol. The number of hydrogen-bond acceptors (Lipinski definition) is 4. The summed E-state index contributed by atoms with van der Waals surface area (Å²) in [6, 6.07) is 4.98. The summed E-state index contributed by atoms with van der Waals surface area (Å²) < 4.78 is 5.06. The molecule has 1 aromatic heterocycles. The molecule has 2 heterocycles. The number of amides is 1. The lowest BCUT2D eigenvalue weighted by atomic mass is 10.00. The summed E-state index contributed by atoms with van der Waals surface area (Å²) >= 11 is 0. The molecule has 0 bridgehead atoms. The first kappa shape index (κ1) is 15.8. The highest BCUT2D eigenvalue weighted by Crippen LogP contribution is 2.25. The fraction of sp³-hybridized carbons (Fsp3) is 0.625. The van der Waals surface area contributed by atoms with Gasteiger partial charge in [0.1, 0.15) is 0 Å². The Balaban J connectivity index is 1.88. The van der Waals surface area contributed by atoms with Crippen LogP contribution in [-0.2, 0) is 4.74 Å². The van der Waals surface area contributed by atoms with Crippen LogP contribution in [0.4, 0.5) is 4.79 Å². The van der Waals surface area contributed by atoms with E-state index in [1.807, 2.05) is 24.2 Å². The summed E-state index contributed by atoms with van der Waals surface area (Å²) in [5.41, 5.74) is 1.28. The molecular formula is C16H25N3O2. The maximum atomic E-state index is 11.7. The van der Waals surface area contributed by atoms with Crippen LogP contribution in [0.15, 0.2) is 24.5 Å². The average Bonchev–Trinajstić information content (AvgIpc) is 2.54. The van der Waals surface area contributed by atoms with Gasteiger partial charge in [0.05, 0.1) is 6.61 Å². The summed E-state index contributed by atoms with van der Waals surface area (Å²) in [4.78, 5) is 20.0. The number of carbonyl (C=O) groups is 1. The number of aromatic nitrogens is 1. The Morgan fingerprint density at radius 2 is 2.05 bits per heavy atom. The molecule has 1 aliphatic rings. The summed E-state index contributed by atoms with van der Waals surface area (Å²) in [5.74, 6) is 0. The number of nitrogens with zero attached hydrogens (tertiary/aromatic N) is 3. The monoisotopic (exact) mass is 291 g/mol. The number of piperidine rings is 1. The second-order valence-corrected chi connectivity index (χ2v) is 5.54. The third-order valence-electron chi connectivity index (χ3n) is 4.37. The van der Waals surface area contributed by atoms with Gasteiger partial charge in [-0.1, -0.05) is 0 Å². The molecule has 1 atom stereocenters. The van der Waals surface area contributed by atoms with Crippen molar-refractivity contribution in [3.8, 4) is 0 Å². The van der Waals surface area contributed by atoms with Gasteiger partial charge in [-0.05, 0) is 51.4 Å². The first-order valence-corrected chi connectivity index (χ1v) is 7.67. The average molecular weight is 291 g/mol. The molecule has 1 aromatic rings. The lowest BCUT2D eigenvalue weighted by Crippen LogP contribution is -2.46. The Hall–Kier alpha value is -1.62. The van der Waals surface area contributed by atoms with E-state index in [0.717, 1.165) is 25.9 Å². The molecule has 0 unspecified atom stereocenters. The maximum absolute atomic E-state index is 11.7. The molecule has 0 aliphatic carbocycles. The Labute approximate surface area is 126 Å². The van der Waals surface area contributed by atoms with Crippen molar-refractivity contribution >= 4 is 6.09 Å². The third-order valence-corrected chi connectivity index (χ3v) is 4.37. The zero-order chi connectivity index (χ0) is 15.2. The van der Waals surface area contributed by atoms with Gasteiger partial charge in [0.15, 0.2) is 0 Å². The van der Waals surface area contributed by atoms with Crippen LogP contribution in [0, 0.1) is 0 Å². The smallest absolute Gasteiger partial charge is 0.409 e. The molecule has 1 aliphatic heterocycles. The van der Waals surface area contributed by atoms with E-state index in [9.17, 15) is 4.79 Å². The van der Waals surface area contributed by atoms with Gasteiger partial charge in [0.25, 0.3) is 0 Å². The van der Waals surface area contributed by atoms with Crippen LogP contribution in [0.2, 0.25) is 0 Å². The maximum Gasteiger partial charge on any atom is 0.409 e. The fourth-order valence-corrected chi connectivity index (χ4v) is 2.86. The van der Waals surface area contributed by atoms with Gasteiger partial charge in [-0.15, -0.1) is 0 Å². The van der Waals surface area contributed by atoms with Crippen LogP contribution in [0.1, 0.15) is 38.3 Å². The summed E-state index contributed by atoms with van der Waals surface area (Å²) in [7, 11) is 2.16. The van der Waals surface area contributed by atoms with E-state index in [2.05, 4.69) is 36.0 Å². The van der Waals surface area contributed by atoms with Crippen molar-refractivity contribution in [1.82, 2.24) is 14.8 Å². The Bertz CT molecular complexity index is 444. The van der Waals surface area contributed by atoms with Crippen molar-refractivity contribution in [2.75, 3.05) is 26.7 Å². The number of carbonyl (C=O) groups excluding carboxylic acids is 1. The minimum Gasteiger partial charge on any atom is -0.450 e. The molecule has 1 saturated heterocycles. The molecule has 0 spiro atoms. The fourth-order valence-electron chi connectivity index (χ4n) is 2.86. The SMILES string of the molecule is CCOC(=O)N1CCC(N(C)[C@H](C)c2ccncc2)CC1. The van der Waals surface area contributed by atoms with Crippen LogP contribution >= 0.6 is 0 Å². The van der Waals surface area contributed by atoms with Gasteiger partial charge in [-0.25, -0.2) is 4.79 Å². The van der Waals surface area contributed by atoms with Crippen molar-refractivity contribution in [2.45, 2.75) is 38.8 Å². The number of hydrogen-bond donors (Lipinski definition) is 0. The predicted molar refractivity (Wildman–Crippen MR) is 82.0 cm³/mol. The second-order valence-electron chi connectivity index (χ2n) is 5.54. The van der Waals surface area contributed by atoms with E-state index in [4.69, 9.17) is 4.74 Å². The zero-order valence-corrected chi connectivity index (χ0v) is 13.2. The standard InChI is InChI=1S/C16H25N3O2/c1-4-21-16(20)19-11-7-15(8-12-19)18(3)13(2)14-5-9-17-10-6-14/h5-6,9-10,13,15H,4,7-8,11-12H2,1-3H3/t13-/m1/s1. The first-order valence-electron chi connectivity index (χ1n) is 7.67. The summed E-state index contributed by atoms with van der Waals surface area (Å²) in [6.07, 6.45) is 5.47. The largest absolute Gasteiger partial charge is 0.450 e. The summed E-state index contributed by atoms with van der Waals surface area (Å²) in [5, 5.41) is 0. The van der Waals surface area contributed by atoms with Gasteiger partial charge in [-0.3, -0.25) is 9.88 Å². The number of pyridine rings is 1. The highest BCUT2D eigenvalue weighted by Gasteiger charge is 2.28. The quantitative estimate of drug-likeness (QED) is 0.855. The van der Waals surface area contributed by atoms with Crippen LogP contribution in [0.25, 0.3) is 0 Å². The minimum atomic E-state index is -0.180. The van der Waals surface area contributed by atoms with Gasteiger partial charge < -0.3 is 9.64 Å². The lowest BCUT2D eigenvalue weighted by Gasteiger charge is -2.39. The molecule has 0 saturated carbocycles. The van der Waals surface area contributed by atoms with E-state index in [-0.39, 0.29) is 6.09 Å². The molecule has 2 rings (SSSR count). The molecule has 116 valence electrons. The van der Waals surface area contributed by atoms with Crippen molar-refractivity contribution in [2.24, 2.45) is 0 Å². The highest BCUT2D eigenvalue weighted by molar-refractivity contribution is 5.67. The molecule has 0 radical (unpaired) electrons. The third kappa shape index (κ3) is 3.94. The summed E-state index contributed by atoms with van der Waals surface area (Å²) in [6.45, 7) is 6.05. The molecule has 5 nitrogen and oxygen atoms in total. The van der Waals surface area contributed by atoms with Crippen molar-refractivity contribution in [3.05, 3.63) is 30.1 Å². The van der Waals surface area contributed by atoms with Crippen molar-refractivity contribution in [1.29, 1.82) is 0 Å². The molecule has 1 amide bonds. The van der Waals surface area contributed by atoms with Crippen LogP contribution < -0.4 is 0 Å². The first-order chi connectivity index (χ1) is 10.1. The minimum absolute atomic E-state index is 0.180. The molecule has 0 aromatic carbocycles. The van der Waals surface area contributed by atoms with Crippen molar-refractivity contribution in [3.63, 3.8) is 0 Å². The highest BCUT2D eigenvalue weighted by atomic mass is 16.6. The molecule has 5 heteroatoms. The number of likely N-dealkylation sites (tertiary alicyclic amines) is 1. The Morgan fingerprint density at radius 1 is 1.43 bits per heavy atom. The molecule has 21 heavy (non-hydrogen) atoms. The van der Waals surface area contributed by atoms with Gasteiger partial charge in [0.2, 0.25) is 0 Å². The van der Waals surface area contributed by atoms with Crippen LogP contribution in [0.3, 0.4) is 0 Å². The number of ether oxygens (including phenoxy) is 1. The van der Waals surface area contributed by atoms with E-state index >= 15 is 0 Å². The van der Waals surface area contributed by atoms with E-state index in [1.54, 1.807) is 0 Å². The van der Waals surface area contributed by atoms with E-state index in [1.165, 1.54) is 5.56 Å². The zero-order valence-electron chi connectivity index (χ0n) is 13.2. The van der Waals surface area contributed by atoms with Gasteiger partial charge in [-0.2, -0.15) is 0 Å². The Kier molecular flexibility index (Phi) is 5.56.